The van der Waals surface area contributed by atoms with Crippen molar-refractivity contribution in [2.24, 2.45) is 5.73 Å². The number of hydrogen-bond donors (Lipinski definition) is 2. The van der Waals surface area contributed by atoms with Gasteiger partial charge in [-0.2, -0.15) is 0 Å². The predicted molar refractivity (Wildman–Crippen MR) is 68.1 cm³/mol. The Balaban J connectivity index is 3.07. The van der Waals surface area contributed by atoms with Crippen LogP contribution in [0.1, 0.15) is 32.9 Å². The first-order valence-corrected chi connectivity index (χ1v) is 7.30. The number of rotatable bonds is 6. The summed E-state index contributed by atoms with van der Waals surface area (Å²) in [5.41, 5.74) is 6.45. The summed E-state index contributed by atoms with van der Waals surface area (Å²) in [6.45, 7) is 6.76. The first-order valence-electron chi connectivity index (χ1n) is 5.82. The number of sulfonamides is 1. The summed E-state index contributed by atoms with van der Waals surface area (Å²) in [5.74, 6) is 0. The van der Waals surface area contributed by atoms with Gasteiger partial charge in [0.1, 0.15) is 0 Å². The Morgan fingerprint density at radius 3 is 2.59 bits per heavy atom. The number of aromatic nitrogens is 1. The zero-order chi connectivity index (χ0) is 13.1. The van der Waals surface area contributed by atoms with E-state index in [1.165, 1.54) is 0 Å². The third-order valence-corrected chi connectivity index (χ3v) is 3.96. The van der Waals surface area contributed by atoms with E-state index in [9.17, 15) is 8.42 Å². The second-order valence-corrected chi connectivity index (χ2v) is 6.05. The van der Waals surface area contributed by atoms with Gasteiger partial charge in [0, 0.05) is 31.0 Å². The van der Waals surface area contributed by atoms with Crippen LogP contribution in [0.15, 0.2) is 17.2 Å². The van der Waals surface area contributed by atoms with Crippen LogP contribution >= 0.6 is 0 Å². The van der Waals surface area contributed by atoms with E-state index in [2.05, 4.69) is 4.72 Å². The van der Waals surface area contributed by atoms with Crippen molar-refractivity contribution in [2.75, 3.05) is 0 Å². The molecule has 17 heavy (non-hydrogen) atoms. The van der Waals surface area contributed by atoms with Crippen LogP contribution in [0.4, 0.5) is 0 Å². The molecule has 6 heteroatoms. The summed E-state index contributed by atoms with van der Waals surface area (Å²) in [6, 6.07) is 1.52. The van der Waals surface area contributed by atoms with Crippen molar-refractivity contribution in [1.29, 1.82) is 0 Å². The number of aryl methyl sites for hydroxylation is 1. The van der Waals surface area contributed by atoms with Gasteiger partial charge in [-0.05, 0) is 26.3 Å². The highest BCUT2D eigenvalue weighted by Crippen LogP contribution is 2.15. The molecule has 0 aliphatic heterocycles. The molecule has 1 aromatic rings. The molecule has 0 amide bonds. The molecule has 0 aliphatic carbocycles. The lowest BCUT2D eigenvalue weighted by Crippen LogP contribution is -2.29. The Morgan fingerprint density at radius 1 is 1.47 bits per heavy atom. The predicted octanol–water partition coefficient (Wildman–Crippen LogP) is 1.04. The molecule has 0 saturated heterocycles. The van der Waals surface area contributed by atoms with E-state index in [1.807, 2.05) is 11.5 Å². The van der Waals surface area contributed by atoms with E-state index >= 15 is 0 Å². The van der Waals surface area contributed by atoms with Crippen molar-refractivity contribution in [3.63, 3.8) is 0 Å². The van der Waals surface area contributed by atoms with E-state index in [-0.39, 0.29) is 6.04 Å². The minimum absolute atomic E-state index is 0.115. The average molecular weight is 259 g/mol. The highest BCUT2D eigenvalue weighted by atomic mass is 32.2. The fraction of sp³-hybridized carbons (Fsp3) is 0.636. The fourth-order valence-corrected chi connectivity index (χ4v) is 2.99. The van der Waals surface area contributed by atoms with Crippen LogP contribution in [0.25, 0.3) is 0 Å². The fourth-order valence-electron chi connectivity index (χ4n) is 1.67. The summed E-state index contributed by atoms with van der Waals surface area (Å²) in [7, 11) is -3.42. The van der Waals surface area contributed by atoms with Gasteiger partial charge in [-0.25, -0.2) is 13.1 Å². The monoisotopic (exact) mass is 259 g/mol. The zero-order valence-electron chi connectivity index (χ0n) is 10.6. The van der Waals surface area contributed by atoms with Gasteiger partial charge < -0.3 is 10.3 Å². The van der Waals surface area contributed by atoms with Crippen LogP contribution in [-0.2, 0) is 23.1 Å². The van der Waals surface area contributed by atoms with E-state index in [0.717, 1.165) is 18.7 Å². The molecular formula is C11H21N3O2S. The zero-order valence-corrected chi connectivity index (χ0v) is 11.4. The molecule has 1 rings (SSSR count). The average Bonchev–Trinajstić information content (AvgIpc) is 2.60. The SMILES string of the molecule is CCCn1cc(S(=O)(=O)NC(C)C)cc1CN. The van der Waals surface area contributed by atoms with Gasteiger partial charge >= 0.3 is 0 Å². The molecule has 0 unspecified atom stereocenters. The molecule has 5 nitrogen and oxygen atoms in total. The van der Waals surface area contributed by atoms with Crippen LogP contribution in [0.2, 0.25) is 0 Å². The van der Waals surface area contributed by atoms with Gasteiger partial charge in [0.05, 0.1) is 4.90 Å². The summed E-state index contributed by atoms with van der Waals surface area (Å²) in [4.78, 5) is 0.292. The van der Waals surface area contributed by atoms with Crippen LogP contribution in [0, 0.1) is 0 Å². The second-order valence-electron chi connectivity index (χ2n) is 4.34. The third kappa shape index (κ3) is 3.55. The summed E-state index contributed by atoms with van der Waals surface area (Å²) < 4.78 is 28.4. The molecule has 0 aliphatic rings. The van der Waals surface area contributed by atoms with Gasteiger partial charge in [0.2, 0.25) is 10.0 Å². The quantitative estimate of drug-likeness (QED) is 0.801. The molecule has 0 spiro atoms. The topological polar surface area (TPSA) is 77.1 Å². The molecule has 0 fully saturated rings. The molecule has 0 bridgehead atoms. The maximum absolute atomic E-state index is 12.0. The van der Waals surface area contributed by atoms with Gasteiger partial charge in [-0.3, -0.25) is 0 Å². The number of hydrogen-bond acceptors (Lipinski definition) is 3. The van der Waals surface area contributed by atoms with E-state index in [0.29, 0.717) is 11.4 Å². The van der Waals surface area contributed by atoms with Crippen molar-refractivity contribution in [3.8, 4) is 0 Å². The lowest BCUT2D eigenvalue weighted by Gasteiger charge is -2.07. The summed E-state index contributed by atoms with van der Waals surface area (Å²) in [6.07, 6.45) is 2.59. The molecule has 0 radical (unpaired) electrons. The molecular weight excluding hydrogens is 238 g/mol. The molecule has 0 atom stereocenters. The van der Waals surface area contributed by atoms with Crippen LogP contribution in [0.5, 0.6) is 0 Å². The smallest absolute Gasteiger partial charge is 0.242 e. The standard InChI is InChI=1S/C11H21N3O2S/c1-4-5-14-8-11(6-10(14)7-12)17(15,16)13-9(2)3/h6,8-9,13H,4-5,7,12H2,1-3H3. The largest absolute Gasteiger partial charge is 0.349 e. The van der Waals surface area contributed by atoms with Gasteiger partial charge in [0.25, 0.3) is 0 Å². The van der Waals surface area contributed by atoms with Gasteiger partial charge in [0.15, 0.2) is 0 Å². The van der Waals surface area contributed by atoms with Crippen molar-refractivity contribution in [3.05, 3.63) is 18.0 Å². The Kier molecular flexibility index (Phi) is 4.73. The maximum Gasteiger partial charge on any atom is 0.242 e. The minimum atomic E-state index is -3.42. The number of nitrogens with two attached hydrogens (primary N) is 1. The molecule has 1 heterocycles. The Bertz CT molecular complexity index is 463. The highest BCUT2D eigenvalue weighted by molar-refractivity contribution is 7.89. The highest BCUT2D eigenvalue weighted by Gasteiger charge is 2.18. The molecule has 0 aromatic carbocycles. The molecule has 3 N–H and O–H groups in total. The van der Waals surface area contributed by atoms with Crippen molar-refractivity contribution >= 4 is 10.0 Å². The first kappa shape index (κ1) is 14.2. The number of nitrogens with zero attached hydrogens (tertiary/aromatic N) is 1. The maximum atomic E-state index is 12.0. The first-order chi connectivity index (χ1) is 7.90. The Hall–Kier alpha value is -0.850. The van der Waals surface area contributed by atoms with Crippen molar-refractivity contribution in [2.45, 2.75) is 51.2 Å². The lowest BCUT2D eigenvalue weighted by atomic mass is 10.4. The van der Waals surface area contributed by atoms with Crippen LogP contribution in [-0.4, -0.2) is 19.0 Å². The lowest BCUT2D eigenvalue weighted by molar-refractivity contribution is 0.569. The van der Waals surface area contributed by atoms with Crippen LogP contribution < -0.4 is 10.5 Å². The van der Waals surface area contributed by atoms with Gasteiger partial charge in [-0.15, -0.1) is 0 Å². The summed E-state index contributed by atoms with van der Waals surface area (Å²) in [5, 5.41) is 0. The van der Waals surface area contributed by atoms with Crippen molar-refractivity contribution < 1.29 is 8.42 Å². The number of nitrogens with one attached hydrogen (secondary N) is 1. The van der Waals surface area contributed by atoms with Gasteiger partial charge in [-0.1, -0.05) is 6.92 Å². The minimum Gasteiger partial charge on any atom is -0.349 e. The van der Waals surface area contributed by atoms with E-state index in [1.54, 1.807) is 26.1 Å². The van der Waals surface area contributed by atoms with E-state index in [4.69, 9.17) is 5.73 Å². The second kappa shape index (κ2) is 5.66. The Labute approximate surface area is 103 Å². The molecule has 1 aromatic heterocycles. The van der Waals surface area contributed by atoms with Crippen LogP contribution in [0.3, 0.4) is 0 Å². The normalized spacial score (nSPS) is 12.3. The third-order valence-electron chi connectivity index (χ3n) is 2.34. The summed E-state index contributed by atoms with van der Waals surface area (Å²) >= 11 is 0. The van der Waals surface area contributed by atoms with E-state index < -0.39 is 10.0 Å². The van der Waals surface area contributed by atoms with Crippen molar-refractivity contribution in [1.82, 2.24) is 9.29 Å². The molecule has 0 saturated carbocycles. The molecule has 98 valence electrons. The Morgan fingerprint density at radius 2 is 2.12 bits per heavy atom.